The van der Waals surface area contributed by atoms with Crippen LogP contribution in [0, 0.1) is 19.3 Å². The summed E-state index contributed by atoms with van der Waals surface area (Å²) in [5.74, 6) is -0.0760. The van der Waals surface area contributed by atoms with E-state index in [2.05, 4.69) is 20.4 Å². The third kappa shape index (κ3) is 2.97. The number of H-pyrrole nitrogens is 1. The van der Waals surface area contributed by atoms with Crippen molar-refractivity contribution in [2.45, 2.75) is 43.9 Å². The van der Waals surface area contributed by atoms with Gasteiger partial charge in [0, 0.05) is 6.54 Å². The van der Waals surface area contributed by atoms with Crippen molar-refractivity contribution in [1.29, 1.82) is 5.41 Å². The van der Waals surface area contributed by atoms with E-state index in [1.54, 1.807) is 0 Å². The monoisotopic (exact) mass is 307 g/mol. The molecule has 2 aromatic heterocycles. The molecule has 0 aromatic carbocycles. The fourth-order valence-electron chi connectivity index (χ4n) is 1.86. The predicted molar refractivity (Wildman–Crippen MR) is 79.8 cm³/mol. The molecule has 4 N–H and O–H groups in total. The average Bonchev–Trinajstić information content (AvgIpc) is 2.76. The molecular formula is C12H17N7OS. The lowest BCUT2D eigenvalue weighted by molar-refractivity contribution is 0.603. The normalized spacial score (nSPS) is 10.8. The van der Waals surface area contributed by atoms with Crippen molar-refractivity contribution in [3.63, 3.8) is 0 Å². The van der Waals surface area contributed by atoms with E-state index < -0.39 is 0 Å². The van der Waals surface area contributed by atoms with Gasteiger partial charge in [0.1, 0.15) is 10.9 Å². The Kier molecular flexibility index (Phi) is 4.41. The minimum absolute atomic E-state index is 0.0760. The Bertz CT molecular complexity index is 734. The number of amidine groups is 1. The number of rotatable bonds is 5. The first-order chi connectivity index (χ1) is 9.95. The summed E-state index contributed by atoms with van der Waals surface area (Å²) in [6.07, 6.45) is 0.811. The zero-order chi connectivity index (χ0) is 15.6. The molecule has 0 aliphatic heterocycles. The molecule has 0 radical (unpaired) electrons. The van der Waals surface area contributed by atoms with Gasteiger partial charge < -0.3 is 5.73 Å². The van der Waals surface area contributed by atoms with E-state index in [4.69, 9.17) is 11.1 Å². The fourth-order valence-corrected chi connectivity index (χ4v) is 2.86. The lowest BCUT2D eigenvalue weighted by atomic mass is 10.1. The Morgan fingerprint density at radius 3 is 2.76 bits per heavy atom. The van der Waals surface area contributed by atoms with Crippen molar-refractivity contribution in [2.24, 2.45) is 5.73 Å². The van der Waals surface area contributed by atoms with Crippen LogP contribution in [0.3, 0.4) is 0 Å². The highest BCUT2D eigenvalue weighted by Gasteiger charge is 2.18. The summed E-state index contributed by atoms with van der Waals surface area (Å²) < 4.78 is 1.53. The van der Waals surface area contributed by atoms with Crippen LogP contribution < -0.4 is 11.4 Å². The van der Waals surface area contributed by atoms with Crippen LogP contribution in [0.5, 0.6) is 0 Å². The van der Waals surface area contributed by atoms with Crippen LogP contribution in [-0.4, -0.2) is 30.8 Å². The van der Waals surface area contributed by atoms with E-state index in [0.717, 1.165) is 17.7 Å². The van der Waals surface area contributed by atoms with Crippen molar-refractivity contribution in [1.82, 2.24) is 25.0 Å². The number of hydrogen-bond acceptors (Lipinski definition) is 6. The Hall–Kier alpha value is -2.16. The molecule has 0 saturated carbocycles. The van der Waals surface area contributed by atoms with Crippen LogP contribution in [0.25, 0.3) is 0 Å². The van der Waals surface area contributed by atoms with Crippen molar-refractivity contribution >= 4 is 17.6 Å². The number of nitrogens with zero attached hydrogens (tertiary/aromatic N) is 4. The highest BCUT2D eigenvalue weighted by molar-refractivity contribution is 7.99. The maximum absolute atomic E-state index is 11.7. The summed E-state index contributed by atoms with van der Waals surface area (Å²) in [5.41, 5.74) is 7.44. The molecule has 8 nitrogen and oxygen atoms in total. The molecule has 0 amide bonds. The fraction of sp³-hybridized carbons (Fsp3) is 0.417. The number of aromatic amines is 1. The topological polar surface area (TPSA) is 126 Å². The molecule has 2 rings (SSSR count). The largest absolute Gasteiger partial charge is 0.384 e. The third-order valence-electron chi connectivity index (χ3n) is 3.05. The molecule has 2 heterocycles. The van der Waals surface area contributed by atoms with Crippen LogP contribution in [0.1, 0.15) is 30.2 Å². The zero-order valence-electron chi connectivity index (χ0n) is 12.1. The molecule has 0 aliphatic rings. The van der Waals surface area contributed by atoms with Gasteiger partial charge in [-0.1, -0.05) is 6.92 Å². The molecule has 2 aromatic rings. The first-order valence-electron chi connectivity index (χ1n) is 6.47. The molecule has 112 valence electrons. The van der Waals surface area contributed by atoms with Gasteiger partial charge in [0.25, 0.3) is 0 Å². The van der Waals surface area contributed by atoms with Crippen LogP contribution in [0.2, 0.25) is 0 Å². The Balaban J connectivity index is 2.48. The van der Waals surface area contributed by atoms with Crippen molar-refractivity contribution in [3.05, 3.63) is 27.3 Å². The molecule has 0 aliphatic carbocycles. The number of hydrogen-bond donors (Lipinski definition) is 3. The average molecular weight is 307 g/mol. The second-order valence-corrected chi connectivity index (χ2v) is 5.53. The highest BCUT2D eigenvalue weighted by Crippen LogP contribution is 2.28. The van der Waals surface area contributed by atoms with Gasteiger partial charge in [-0.15, -0.1) is 10.2 Å². The molecular weight excluding hydrogens is 290 g/mol. The number of aryl methyl sites for hydroxylation is 1. The smallest absolute Gasteiger partial charge is 0.343 e. The van der Waals surface area contributed by atoms with Crippen LogP contribution in [0.15, 0.2) is 15.0 Å². The number of aromatic nitrogens is 5. The third-order valence-corrected chi connectivity index (χ3v) is 4.02. The van der Waals surface area contributed by atoms with E-state index in [1.165, 1.54) is 16.3 Å². The van der Waals surface area contributed by atoms with Gasteiger partial charge >= 0.3 is 5.69 Å². The van der Waals surface area contributed by atoms with Crippen molar-refractivity contribution < 1.29 is 0 Å². The van der Waals surface area contributed by atoms with Gasteiger partial charge in [0.15, 0.2) is 5.16 Å². The quantitative estimate of drug-likeness (QED) is 0.554. The predicted octanol–water partition coefficient (Wildman–Crippen LogP) is 0.824. The summed E-state index contributed by atoms with van der Waals surface area (Å²) in [7, 11) is 0. The molecule has 0 spiro atoms. The summed E-state index contributed by atoms with van der Waals surface area (Å²) >= 11 is 1.18. The molecule has 0 bridgehead atoms. The van der Waals surface area contributed by atoms with Gasteiger partial charge in [-0.25, -0.2) is 9.89 Å². The highest BCUT2D eigenvalue weighted by atomic mass is 32.2. The molecule has 0 unspecified atom stereocenters. The summed E-state index contributed by atoms with van der Waals surface area (Å²) in [4.78, 5) is 11.7. The van der Waals surface area contributed by atoms with E-state index >= 15 is 0 Å². The number of nitrogens with one attached hydrogen (secondary N) is 2. The van der Waals surface area contributed by atoms with E-state index in [0.29, 0.717) is 22.3 Å². The van der Waals surface area contributed by atoms with Crippen LogP contribution in [-0.2, 0) is 6.54 Å². The maximum atomic E-state index is 11.7. The second kappa shape index (κ2) is 6.08. The molecule has 0 saturated heterocycles. The minimum atomic E-state index is -0.263. The Labute approximate surface area is 125 Å². The first kappa shape index (κ1) is 15.2. The first-order valence-corrected chi connectivity index (χ1v) is 7.28. The van der Waals surface area contributed by atoms with E-state index in [-0.39, 0.29) is 11.5 Å². The molecule has 9 heteroatoms. The molecule has 0 atom stereocenters. The molecule has 0 fully saturated rings. The van der Waals surface area contributed by atoms with Gasteiger partial charge in [0.05, 0.1) is 11.3 Å². The Morgan fingerprint density at radius 1 is 1.43 bits per heavy atom. The van der Waals surface area contributed by atoms with Crippen LogP contribution in [0.4, 0.5) is 0 Å². The SMILES string of the molecule is CCCn1c(Sc2nnc(C)c(C)c2C(=N)N)n[nH]c1=O. The maximum Gasteiger partial charge on any atom is 0.343 e. The number of nitrogen functional groups attached to an aromatic ring is 1. The lowest BCUT2D eigenvalue weighted by Gasteiger charge is -2.10. The van der Waals surface area contributed by atoms with Crippen LogP contribution >= 0.6 is 11.8 Å². The van der Waals surface area contributed by atoms with Crippen molar-refractivity contribution in [3.8, 4) is 0 Å². The summed E-state index contributed by atoms with van der Waals surface area (Å²) in [6, 6.07) is 0. The van der Waals surface area contributed by atoms with Gasteiger partial charge in [-0.3, -0.25) is 9.98 Å². The zero-order valence-corrected chi connectivity index (χ0v) is 12.9. The van der Waals surface area contributed by atoms with Gasteiger partial charge in [-0.05, 0) is 37.6 Å². The summed E-state index contributed by atoms with van der Waals surface area (Å²) in [6.45, 7) is 6.19. The second-order valence-electron chi connectivity index (χ2n) is 4.57. The van der Waals surface area contributed by atoms with Crippen molar-refractivity contribution in [2.75, 3.05) is 0 Å². The summed E-state index contributed by atoms with van der Waals surface area (Å²) in [5, 5.41) is 23.2. The standard InChI is InChI=1S/C12H17N7OS/c1-4-5-19-11(20)17-18-12(19)21-10-8(9(13)14)6(2)7(3)15-16-10/h4-5H2,1-3H3,(H3,13,14)(H,17,20). The van der Waals surface area contributed by atoms with Gasteiger partial charge in [0.2, 0.25) is 0 Å². The molecule has 21 heavy (non-hydrogen) atoms. The number of nitrogens with two attached hydrogens (primary N) is 1. The van der Waals surface area contributed by atoms with E-state index in [9.17, 15) is 4.79 Å². The van der Waals surface area contributed by atoms with Gasteiger partial charge in [-0.2, -0.15) is 5.10 Å². The minimum Gasteiger partial charge on any atom is -0.384 e. The van der Waals surface area contributed by atoms with E-state index in [1.807, 2.05) is 20.8 Å². The lowest BCUT2D eigenvalue weighted by Crippen LogP contribution is -2.18. The Morgan fingerprint density at radius 2 is 2.14 bits per heavy atom.